The maximum atomic E-state index is 12.8. The lowest BCUT2D eigenvalue weighted by molar-refractivity contribution is -0.137. The first-order valence-corrected chi connectivity index (χ1v) is 8.55. The summed E-state index contributed by atoms with van der Waals surface area (Å²) in [7, 11) is -1.43. The topological polar surface area (TPSA) is 56.5 Å². The molecule has 0 spiro atoms. The zero-order valence-electron chi connectivity index (χ0n) is 13.8. The van der Waals surface area contributed by atoms with Gasteiger partial charge >= 0.3 is 6.18 Å². The summed E-state index contributed by atoms with van der Waals surface area (Å²) >= 11 is 0. The highest BCUT2D eigenvalue weighted by Crippen LogP contribution is 2.37. The van der Waals surface area contributed by atoms with Crippen LogP contribution in [-0.2, 0) is 23.8 Å². The molecule has 0 radical (unpaired) electrons. The SMILES string of the molecule is CC(C)(C)[S@](=O)N=Cc1ncn2c1COc1cc(C(F)(F)F)ccc1-2. The molecule has 0 bridgehead atoms. The van der Waals surface area contributed by atoms with Crippen molar-refractivity contribution < 1.29 is 22.1 Å². The smallest absolute Gasteiger partial charge is 0.416 e. The zero-order valence-corrected chi connectivity index (χ0v) is 14.6. The van der Waals surface area contributed by atoms with Crippen LogP contribution >= 0.6 is 0 Å². The van der Waals surface area contributed by atoms with Gasteiger partial charge in [-0.2, -0.15) is 17.6 Å². The number of nitrogens with zero attached hydrogens (tertiary/aromatic N) is 3. The number of halogens is 3. The predicted molar refractivity (Wildman–Crippen MR) is 88.4 cm³/mol. The number of hydrogen-bond acceptors (Lipinski definition) is 3. The summed E-state index contributed by atoms with van der Waals surface area (Å²) in [6.45, 7) is 5.47. The third-order valence-electron chi connectivity index (χ3n) is 3.60. The third-order valence-corrected chi connectivity index (χ3v) is 4.95. The highest BCUT2D eigenvalue weighted by atomic mass is 32.2. The van der Waals surface area contributed by atoms with E-state index in [1.807, 2.05) is 0 Å². The van der Waals surface area contributed by atoms with Gasteiger partial charge in [0, 0.05) is 0 Å². The summed E-state index contributed by atoms with van der Waals surface area (Å²) < 4.78 is 61.1. The Balaban J connectivity index is 1.94. The fourth-order valence-corrected chi connectivity index (χ4v) is 2.77. The van der Waals surface area contributed by atoms with Crippen LogP contribution < -0.4 is 4.74 Å². The Labute approximate surface area is 145 Å². The quantitative estimate of drug-likeness (QED) is 0.757. The predicted octanol–water partition coefficient (Wildman–Crippen LogP) is 3.66. The van der Waals surface area contributed by atoms with Crippen LogP contribution in [0.2, 0.25) is 0 Å². The van der Waals surface area contributed by atoms with Gasteiger partial charge < -0.3 is 4.74 Å². The van der Waals surface area contributed by atoms with Gasteiger partial charge in [-0.1, -0.05) is 0 Å². The van der Waals surface area contributed by atoms with Crippen LogP contribution in [0.1, 0.15) is 37.7 Å². The molecule has 0 unspecified atom stereocenters. The molecule has 0 N–H and O–H groups in total. The molecule has 0 saturated heterocycles. The van der Waals surface area contributed by atoms with E-state index < -0.39 is 27.5 Å². The van der Waals surface area contributed by atoms with Gasteiger partial charge in [0.05, 0.1) is 27.9 Å². The molecule has 9 heteroatoms. The van der Waals surface area contributed by atoms with Crippen molar-refractivity contribution in [1.82, 2.24) is 9.55 Å². The van der Waals surface area contributed by atoms with Crippen molar-refractivity contribution >= 4 is 17.2 Å². The normalized spacial score (nSPS) is 15.6. The van der Waals surface area contributed by atoms with E-state index in [0.29, 0.717) is 17.1 Å². The van der Waals surface area contributed by atoms with E-state index >= 15 is 0 Å². The van der Waals surface area contributed by atoms with Crippen molar-refractivity contribution in [2.45, 2.75) is 38.3 Å². The van der Waals surface area contributed by atoms with E-state index in [1.54, 1.807) is 25.3 Å². The van der Waals surface area contributed by atoms with E-state index in [1.165, 1.54) is 18.6 Å². The van der Waals surface area contributed by atoms with Gasteiger partial charge in [-0.15, -0.1) is 0 Å². The van der Waals surface area contributed by atoms with Crippen molar-refractivity contribution in [3.63, 3.8) is 0 Å². The van der Waals surface area contributed by atoms with Gasteiger partial charge in [0.1, 0.15) is 35.4 Å². The van der Waals surface area contributed by atoms with Gasteiger partial charge in [-0.25, -0.2) is 9.19 Å². The van der Waals surface area contributed by atoms with Crippen LogP contribution in [0.15, 0.2) is 28.9 Å². The number of rotatable bonds is 2. The van der Waals surface area contributed by atoms with E-state index in [0.717, 1.165) is 12.1 Å². The summed E-state index contributed by atoms with van der Waals surface area (Å²) in [5, 5.41) is 0. The summed E-state index contributed by atoms with van der Waals surface area (Å²) in [6, 6.07) is 3.32. The minimum absolute atomic E-state index is 0.0534. The standard InChI is InChI=1S/C16H16F3N3O2S/c1-15(2,3)25(23)21-7-11-13-8-24-14-6-10(16(17,18)19)4-5-12(14)22(13)9-20-11/h4-7,9H,8H2,1-3H3/t25-/m0/s1. The minimum atomic E-state index is -4.43. The minimum Gasteiger partial charge on any atom is -0.485 e. The Kier molecular flexibility index (Phi) is 4.22. The molecule has 0 amide bonds. The molecule has 1 aliphatic rings. The molecule has 5 nitrogen and oxygen atoms in total. The maximum Gasteiger partial charge on any atom is 0.416 e. The van der Waals surface area contributed by atoms with Crippen LogP contribution in [0, 0.1) is 0 Å². The Morgan fingerprint density at radius 2 is 2.04 bits per heavy atom. The lowest BCUT2D eigenvalue weighted by Crippen LogP contribution is -2.20. The van der Waals surface area contributed by atoms with Crippen LogP contribution in [0.3, 0.4) is 0 Å². The van der Waals surface area contributed by atoms with Gasteiger partial charge in [-0.3, -0.25) is 4.57 Å². The molecule has 2 aromatic rings. The Bertz CT molecular complexity index is 866. The number of imidazole rings is 1. The van der Waals surface area contributed by atoms with Crippen molar-refractivity contribution in [2.75, 3.05) is 0 Å². The van der Waals surface area contributed by atoms with Gasteiger partial charge in [-0.05, 0) is 39.0 Å². The second-order valence-corrected chi connectivity index (χ2v) is 8.45. The average molecular weight is 371 g/mol. The molecule has 0 saturated carbocycles. The third kappa shape index (κ3) is 3.46. The van der Waals surface area contributed by atoms with Crippen molar-refractivity contribution in [2.24, 2.45) is 4.40 Å². The summed E-state index contributed by atoms with van der Waals surface area (Å²) in [4.78, 5) is 4.20. The molecule has 1 atom stereocenters. The summed E-state index contributed by atoms with van der Waals surface area (Å²) in [5.41, 5.74) is 0.820. The molecule has 0 fully saturated rings. The summed E-state index contributed by atoms with van der Waals surface area (Å²) in [6.07, 6.45) is -1.53. The van der Waals surface area contributed by atoms with Gasteiger partial charge in [0.15, 0.2) is 0 Å². The first kappa shape index (κ1) is 17.7. The number of aromatic nitrogens is 2. The highest BCUT2D eigenvalue weighted by molar-refractivity contribution is 7.85. The second kappa shape index (κ2) is 5.98. The van der Waals surface area contributed by atoms with E-state index in [2.05, 4.69) is 9.38 Å². The fraction of sp³-hybridized carbons (Fsp3) is 0.375. The molecular formula is C16H16F3N3O2S. The molecule has 25 heavy (non-hydrogen) atoms. The Morgan fingerprint density at radius 3 is 2.68 bits per heavy atom. The zero-order chi connectivity index (χ0) is 18.4. The number of ether oxygens (including phenoxy) is 1. The molecule has 3 rings (SSSR count). The highest BCUT2D eigenvalue weighted by Gasteiger charge is 2.32. The van der Waals surface area contributed by atoms with Gasteiger partial charge in [0.25, 0.3) is 0 Å². The monoisotopic (exact) mass is 371 g/mol. The van der Waals surface area contributed by atoms with Crippen LogP contribution in [-0.4, -0.2) is 24.7 Å². The van der Waals surface area contributed by atoms with Crippen molar-refractivity contribution in [1.29, 1.82) is 0 Å². The van der Waals surface area contributed by atoms with E-state index in [-0.39, 0.29) is 12.4 Å². The molecule has 1 aliphatic heterocycles. The Hall–Kier alpha value is -2.16. The van der Waals surface area contributed by atoms with Crippen LogP contribution in [0.25, 0.3) is 5.69 Å². The number of fused-ring (bicyclic) bond motifs is 3. The van der Waals surface area contributed by atoms with Crippen molar-refractivity contribution in [3.8, 4) is 11.4 Å². The molecule has 1 aromatic carbocycles. The first-order valence-electron chi connectivity index (χ1n) is 7.44. The molecular weight excluding hydrogens is 355 g/mol. The first-order chi connectivity index (χ1) is 11.6. The number of benzene rings is 1. The number of alkyl halides is 3. The molecule has 0 aliphatic carbocycles. The van der Waals surface area contributed by atoms with Crippen LogP contribution in [0.4, 0.5) is 13.2 Å². The molecule has 1 aromatic heterocycles. The Morgan fingerprint density at radius 1 is 1.32 bits per heavy atom. The average Bonchev–Trinajstić information content (AvgIpc) is 2.93. The summed E-state index contributed by atoms with van der Waals surface area (Å²) in [5.74, 6) is 0.140. The molecule has 134 valence electrons. The van der Waals surface area contributed by atoms with Crippen molar-refractivity contribution in [3.05, 3.63) is 41.5 Å². The number of hydrogen-bond donors (Lipinski definition) is 0. The van der Waals surface area contributed by atoms with E-state index in [4.69, 9.17) is 4.74 Å². The van der Waals surface area contributed by atoms with Crippen LogP contribution in [0.5, 0.6) is 5.75 Å². The largest absolute Gasteiger partial charge is 0.485 e. The molecule has 2 heterocycles. The lowest BCUT2D eigenvalue weighted by atomic mass is 10.1. The lowest BCUT2D eigenvalue weighted by Gasteiger charge is -2.21. The fourth-order valence-electron chi connectivity index (χ4n) is 2.25. The maximum absolute atomic E-state index is 12.8. The van der Waals surface area contributed by atoms with E-state index in [9.17, 15) is 17.4 Å². The second-order valence-electron chi connectivity index (χ2n) is 6.51. The van der Waals surface area contributed by atoms with Gasteiger partial charge in [0.2, 0.25) is 0 Å².